The van der Waals surface area contributed by atoms with Crippen LogP contribution in [0.3, 0.4) is 0 Å². The summed E-state index contributed by atoms with van der Waals surface area (Å²) in [6.07, 6.45) is 0.399. The van der Waals surface area contributed by atoms with Gasteiger partial charge in [-0.25, -0.2) is 0 Å². The Balaban J connectivity index is 2.67. The van der Waals surface area contributed by atoms with Gasteiger partial charge in [-0.05, 0) is 23.5 Å². The zero-order valence-corrected chi connectivity index (χ0v) is 9.27. The Morgan fingerprint density at radius 3 is 2.20 bits per heavy atom. The summed E-state index contributed by atoms with van der Waals surface area (Å²) in [6, 6.07) is 10.00. The molecule has 2 nitrogen and oxygen atoms in total. The highest BCUT2D eigenvalue weighted by molar-refractivity contribution is 5.26. The molecule has 0 spiro atoms. The van der Waals surface area contributed by atoms with Crippen molar-refractivity contribution in [2.75, 3.05) is 0 Å². The molecule has 1 N–H and O–H groups in total. The lowest BCUT2D eigenvalue weighted by Gasteiger charge is -2.11. The van der Waals surface area contributed by atoms with Crippen LogP contribution in [0.4, 0.5) is 0 Å². The number of hydrogen-bond donors (Lipinski definition) is 1. The molecule has 0 aromatic heterocycles. The summed E-state index contributed by atoms with van der Waals surface area (Å²) in [5, 5.41) is 18.1. The highest BCUT2D eigenvalue weighted by atomic mass is 16.3. The van der Waals surface area contributed by atoms with Crippen LogP contribution in [0.2, 0.25) is 0 Å². The first-order valence-electron chi connectivity index (χ1n) is 5.30. The van der Waals surface area contributed by atoms with Crippen LogP contribution in [-0.4, -0.2) is 5.11 Å². The van der Waals surface area contributed by atoms with Crippen LogP contribution >= 0.6 is 0 Å². The van der Waals surface area contributed by atoms with Gasteiger partial charge in [0, 0.05) is 6.42 Å². The Labute approximate surface area is 91.2 Å². The number of aliphatic hydroxyl groups excluding tert-OH is 1. The van der Waals surface area contributed by atoms with Gasteiger partial charge in [-0.1, -0.05) is 38.1 Å². The maximum atomic E-state index is 9.73. The second-order valence-electron chi connectivity index (χ2n) is 4.03. The molecule has 15 heavy (non-hydrogen) atoms. The van der Waals surface area contributed by atoms with E-state index in [0.29, 0.717) is 18.8 Å². The summed E-state index contributed by atoms with van der Waals surface area (Å²) in [6.45, 7) is 4.28. The molecular formula is C13H17NO. The molecule has 1 atom stereocenters. The smallest absolute Gasteiger partial charge is 0.0799 e. The minimum absolute atomic E-state index is 0.396. The molecule has 2 heteroatoms. The minimum Gasteiger partial charge on any atom is -0.388 e. The first-order chi connectivity index (χ1) is 7.15. The monoisotopic (exact) mass is 203 g/mol. The average Bonchev–Trinajstić information content (AvgIpc) is 2.26. The topological polar surface area (TPSA) is 44.0 Å². The number of nitriles is 1. The van der Waals surface area contributed by atoms with Gasteiger partial charge in [-0.2, -0.15) is 5.26 Å². The third-order valence-electron chi connectivity index (χ3n) is 2.52. The number of hydrogen-bond acceptors (Lipinski definition) is 2. The number of benzene rings is 1. The summed E-state index contributed by atoms with van der Waals surface area (Å²) >= 11 is 0. The summed E-state index contributed by atoms with van der Waals surface area (Å²) in [5.74, 6) is 0.510. The molecular weight excluding hydrogens is 186 g/mol. The van der Waals surface area contributed by atoms with Crippen molar-refractivity contribution >= 4 is 0 Å². The molecule has 1 rings (SSSR count). The SMILES string of the molecule is CC(C)c1ccc(C(O)CCC#N)cc1. The molecule has 0 aliphatic rings. The standard InChI is InChI=1S/C13H17NO/c1-10(2)11-5-7-12(8-6-11)13(15)4-3-9-14/h5-8,10,13,15H,3-4H2,1-2H3. The third-order valence-corrected chi connectivity index (χ3v) is 2.52. The van der Waals surface area contributed by atoms with Crippen LogP contribution < -0.4 is 0 Å². The lowest BCUT2D eigenvalue weighted by atomic mass is 9.99. The van der Waals surface area contributed by atoms with Gasteiger partial charge in [0.15, 0.2) is 0 Å². The quantitative estimate of drug-likeness (QED) is 0.817. The first kappa shape index (κ1) is 11.7. The Morgan fingerprint density at radius 2 is 1.73 bits per heavy atom. The van der Waals surface area contributed by atoms with Crippen LogP contribution in [0, 0.1) is 11.3 Å². The largest absolute Gasteiger partial charge is 0.388 e. The van der Waals surface area contributed by atoms with Gasteiger partial charge in [0.2, 0.25) is 0 Å². The molecule has 0 aliphatic carbocycles. The van der Waals surface area contributed by atoms with Crippen LogP contribution in [0.15, 0.2) is 24.3 Å². The molecule has 0 amide bonds. The molecule has 80 valence electrons. The van der Waals surface area contributed by atoms with Gasteiger partial charge in [0.1, 0.15) is 0 Å². The normalized spacial score (nSPS) is 12.5. The third kappa shape index (κ3) is 3.38. The Hall–Kier alpha value is -1.33. The van der Waals surface area contributed by atoms with Crippen molar-refractivity contribution in [1.82, 2.24) is 0 Å². The van der Waals surface area contributed by atoms with Crippen LogP contribution in [-0.2, 0) is 0 Å². The van der Waals surface area contributed by atoms with Crippen molar-refractivity contribution in [3.63, 3.8) is 0 Å². The molecule has 0 heterocycles. The lowest BCUT2D eigenvalue weighted by Crippen LogP contribution is -1.97. The van der Waals surface area contributed by atoms with Gasteiger partial charge >= 0.3 is 0 Å². The van der Waals surface area contributed by atoms with E-state index < -0.39 is 6.10 Å². The predicted molar refractivity (Wildman–Crippen MR) is 60.3 cm³/mol. The average molecular weight is 203 g/mol. The van der Waals surface area contributed by atoms with Crippen molar-refractivity contribution in [2.45, 2.75) is 38.7 Å². The molecule has 0 aliphatic heterocycles. The van der Waals surface area contributed by atoms with Crippen LogP contribution in [0.1, 0.15) is 49.8 Å². The highest BCUT2D eigenvalue weighted by Gasteiger charge is 2.07. The van der Waals surface area contributed by atoms with Crippen LogP contribution in [0.25, 0.3) is 0 Å². The Morgan fingerprint density at radius 1 is 1.20 bits per heavy atom. The zero-order chi connectivity index (χ0) is 11.3. The van der Waals surface area contributed by atoms with Gasteiger partial charge in [-0.15, -0.1) is 0 Å². The summed E-state index contributed by atoms with van der Waals surface area (Å²) in [7, 11) is 0. The minimum atomic E-state index is -0.508. The second kappa shape index (κ2) is 5.53. The summed E-state index contributed by atoms with van der Waals surface area (Å²) in [5.41, 5.74) is 2.17. The van der Waals surface area contributed by atoms with Crippen molar-refractivity contribution in [2.24, 2.45) is 0 Å². The fourth-order valence-corrected chi connectivity index (χ4v) is 1.47. The molecule has 0 fully saturated rings. The molecule has 0 radical (unpaired) electrons. The van der Waals surface area contributed by atoms with Gasteiger partial charge in [0.05, 0.1) is 12.2 Å². The summed E-state index contributed by atoms with van der Waals surface area (Å²) in [4.78, 5) is 0. The van der Waals surface area contributed by atoms with Gasteiger partial charge < -0.3 is 5.11 Å². The first-order valence-corrected chi connectivity index (χ1v) is 5.30. The molecule has 1 aromatic carbocycles. The fraction of sp³-hybridized carbons (Fsp3) is 0.462. The van der Waals surface area contributed by atoms with E-state index in [-0.39, 0.29) is 0 Å². The maximum Gasteiger partial charge on any atom is 0.0799 e. The summed E-state index contributed by atoms with van der Waals surface area (Å²) < 4.78 is 0. The molecule has 1 unspecified atom stereocenters. The second-order valence-corrected chi connectivity index (χ2v) is 4.03. The van der Waals surface area contributed by atoms with E-state index in [1.807, 2.05) is 30.3 Å². The van der Waals surface area contributed by atoms with E-state index in [9.17, 15) is 5.11 Å². The van der Waals surface area contributed by atoms with E-state index >= 15 is 0 Å². The molecule has 0 saturated carbocycles. The predicted octanol–water partition coefficient (Wildman–Crippen LogP) is 3.15. The fourth-order valence-electron chi connectivity index (χ4n) is 1.47. The zero-order valence-electron chi connectivity index (χ0n) is 9.27. The number of nitrogens with zero attached hydrogens (tertiary/aromatic N) is 1. The van der Waals surface area contributed by atoms with Gasteiger partial charge in [0.25, 0.3) is 0 Å². The molecule has 0 bridgehead atoms. The van der Waals surface area contributed by atoms with E-state index in [1.165, 1.54) is 5.56 Å². The van der Waals surface area contributed by atoms with Gasteiger partial charge in [-0.3, -0.25) is 0 Å². The van der Waals surface area contributed by atoms with E-state index in [1.54, 1.807) is 0 Å². The van der Waals surface area contributed by atoms with Crippen molar-refractivity contribution in [1.29, 1.82) is 5.26 Å². The van der Waals surface area contributed by atoms with Crippen LogP contribution in [0.5, 0.6) is 0 Å². The van der Waals surface area contributed by atoms with E-state index in [0.717, 1.165) is 5.56 Å². The van der Waals surface area contributed by atoms with E-state index in [4.69, 9.17) is 5.26 Å². The Bertz CT molecular complexity index is 335. The Kier molecular flexibility index (Phi) is 4.33. The molecule has 0 saturated heterocycles. The van der Waals surface area contributed by atoms with Crippen molar-refractivity contribution in [3.8, 4) is 6.07 Å². The van der Waals surface area contributed by atoms with E-state index in [2.05, 4.69) is 13.8 Å². The highest BCUT2D eigenvalue weighted by Crippen LogP contribution is 2.21. The molecule has 1 aromatic rings. The van der Waals surface area contributed by atoms with Crippen molar-refractivity contribution < 1.29 is 5.11 Å². The number of aliphatic hydroxyl groups is 1. The lowest BCUT2D eigenvalue weighted by molar-refractivity contribution is 0.169. The number of rotatable bonds is 4. The van der Waals surface area contributed by atoms with Crippen molar-refractivity contribution in [3.05, 3.63) is 35.4 Å². The maximum absolute atomic E-state index is 9.73.